The average molecular weight is 506 g/mol. The predicted molar refractivity (Wildman–Crippen MR) is 132 cm³/mol. The minimum absolute atomic E-state index is 0.00107. The van der Waals surface area contributed by atoms with Crippen molar-refractivity contribution in [2.24, 2.45) is 0 Å². The molecule has 3 aromatic carbocycles. The molecule has 3 aromatic rings. The van der Waals surface area contributed by atoms with Crippen LogP contribution in [0.1, 0.15) is 21.5 Å². The molecule has 0 spiro atoms. The second-order valence-corrected chi connectivity index (χ2v) is 8.20. The second kappa shape index (κ2) is 10.7. The lowest BCUT2D eigenvalue weighted by Gasteiger charge is -2.12. The maximum absolute atomic E-state index is 12.8. The summed E-state index contributed by atoms with van der Waals surface area (Å²) in [5.74, 6) is -1.75. The highest BCUT2D eigenvalue weighted by atomic mass is 35.5. The molecule has 10 heteroatoms. The van der Waals surface area contributed by atoms with Gasteiger partial charge in [0.1, 0.15) is 24.6 Å². The molecule has 0 atom stereocenters. The number of para-hydroxylation sites is 1. The van der Waals surface area contributed by atoms with Crippen LogP contribution in [0.15, 0.2) is 78.5 Å². The molecular weight excluding hydrogens is 486 g/mol. The normalized spacial score (nSPS) is 14.0. The van der Waals surface area contributed by atoms with E-state index in [9.17, 15) is 19.2 Å². The van der Waals surface area contributed by atoms with Crippen molar-refractivity contribution in [1.29, 1.82) is 0 Å². The maximum atomic E-state index is 12.8. The number of hydrogen-bond acceptors (Lipinski definition) is 5. The summed E-state index contributed by atoms with van der Waals surface area (Å²) in [7, 11) is 0. The molecule has 0 aromatic heterocycles. The number of nitrogens with one attached hydrogen (secondary N) is 2. The molecule has 0 unspecified atom stereocenters. The van der Waals surface area contributed by atoms with Crippen molar-refractivity contribution < 1.29 is 29.0 Å². The Labute approximate surface area is 210 Å². The van der Waals surface area contributed by atoms with Crippen molar-refractivity contribution in [3.05, 3.63) is 100 Å². The van der Waals surface area contributed by atoms with Crippen molar-refractivity contribution in [2.45, 2.75) is 6.61 Å². The maximum Gasteiger partial charge on any atom is 0.335 e. The molecule has 36 heavy (non-hydrogen) atoms. The van der Waals surface area contributed by atoms with Gasteiger partial charge in [-0.1, -0.05) is 41.9 Å². The van der Waals surface area contributed by atoms with Crippen molar-refractivity contribution >= 4 is 47.2 Å². The van der Waals surface area contributed by atoms with Crippen molar-refractivity contribution in [3.63, 3.8) is 0 Å². The van der Waals surface area contributed by atoms with Crippen LogP contribution in [0.5, 0.6) is 5.75 Å². The number of ether oxygens (including phenoxy) is 1. The fourth-order valence-electron chi connectivity index (χ4n) is 3.38. The number of carboxylic acids is 1. The Hall–Kier alpha value is -4.63. The first-order valence-corrected chi connectivity index (χ1v) is 11.1. The molecular formula is C26H20ClN3O6. The van der Waals surface area contributed by atoms with Crippen LogP contribution < -0.4 is 15.4 Å². The first kappa shape index (κ1) is 24.5. The molecule has 1 heterocycles. The summed E-state index contributed by atoms with van der Waals surface area (Å²) in [6, 6.07) is 18.9. The van der Waals surface area contributed by atoms with E-state index in [2.05, 4.69) is 10.6 Å². The molecule has 0 saturated carbocycles. The van der Waals surface area contributed by atoms with Crippen LogP contribution in [-0.2, 0) is 16.2 Å². The zero-order valence-corrected chi connectivity index (χ0v) is 19.5. The van der Waals surface area contributed by atoms with E-state index in [1.807, 2.05) is 0 Å². The fraction of sp³-hybridized carbons (Fsp3) is 0.0769. The Morgan fingerprint density at radius 1 is 1.00 bits per heavy atom. The number of carbonyl (C=O) groups excluding carboxylic acids is 3. The number of benzene rings is 3. The molecule has 4 amide bonds. The highest BCUT2D eigenvalue weighted by Gasteiger charge is 2.35. The van der Waals surface area contributed by atoms with Gasteiger partial charge in [-0.25, -0.2) is 14.5 Å². The smallest absolute Gasteiger partial charge is 0.335 e. The van der Waals surface area contributed by atoms with Crippen LogP contribution in [0.4, 0.5) is 10.5 Å². The molecule has 9 nitrogen and oxygen atoms in total. The number of hydrogen-bond donors (Lipinski definition) is 3. The van der Waals surface area contributed by atoms with Crippen LogP contribution in [-0.4, -0.2) is 40.4 Å². The Bertz CT molecular complexity index is 1350. The van der Waals surface area contributed by atoms with Crippen molar-refractivity contribution in [1.82, 2.24) is 10.2 Å². The van der Waals surface area contributed by atoms with E-state index in [4.69, 9.17) is 21.4 Å². The highest BCUT2D eigenvalue weighted by molar-refractivity contribution is 6.30. The summed E-state index contributed by atoms with van der Waals surface area (Å²) >= 11 is 5.83. The molecule has 4 rings (SSSR count). The number of carboxylic acid groups (broad SMARTS) is 1. The number of urea groups is 1. The van der Waals surface area contributed by atoms with Gasteiger partial charge < -0.3 is 20.5 Å². The van der Waals surface area contributed by atoms with E-state index in [-0.39, 0.29) is 17.9 Å². The lowest BCUT2D eigenvalue weighted by molar-refractivity contribution is -0.127. The molecule has 182 valence electrons. The molecule has 1 saturated heterocycles. The summed E-state index contributed by atoms with van der Waals surface area (Å²) < 4.78 is 5.86. The number of aromatic carboxylic acids is 1. The number of nitrogens with zero attached hydrogens (tertiary/aromatic N) is 1. The Morgan fingerprint density at radius 2 is 1.69 bits per heavy atom. The molecule has 3 N–H and O–H groups in total. The molecule has 0 aliphatic carbocycles. The topological polar surface area (TPSA) is 125 Å². The zero-order chi connectivity index (χ0) is 25.7. The number of anilines is 1. The lowest BCUT2D eigenvalue weighted by Crippen LogP contribution is -2.38. The number of carbonyl (C=O) groups is 4. The van der Waals surface area contributed by atoms with Gasteiger partial charge in [0, 0.05) is 16.3 Å². The van der Waals surface area contributed by atoms with Crippen LogP contribution in [0, 0.1) is 0 Å². The Morgan fingerprint density at radius 3 is 2.39 bits per heavy atom. The minimum atomic E-state index is -1.01. The van der Waals surface area contributed by atoms with Gasteiger partial charge in [-0.15, -0.1) is 0 Å². The minimum Gasteiger partial charge on any atom is -0.488 e. The highest BCUT2D eigenvalue weighted by Crippen LogP contribution is 2.24. The molecule has 1 aliphatic rings. The zero-order valence-electron chi connectivity index (χ0n) is 18.7. The third-order valence-electron chi connectivity index (χ3n) is 5.21. The molecule has 1 fully saturated rings. The number of imide groups is 1. The molecule has 1 aliphatic heterocycles. The van der Waals surface area contributed by atoms with Gasteiger partial charge in [0.05, 0.1) is 5.56 Å². The van der Waals surface area contributed by atoms with E-state index in [1.54, 1.807) is 60.7 Å². The molecule has 0 bridgehead atoms. The first-order valence-electron chi connectivity index (χ1n) is 10.7. The lowest BCUT2D eigenvalue weighted by atomic mass is 10.1. The summed E-state index contributed by atoms with van der Waals surface area (Å²) in [5.41, 5.74) is 1.95. The van der Waals surface area contributed by atoms with E-state index in [0.29, 0.717) is 22.0 Å². The van der Waals surface area contributed by atoms with Crippen molar-refractivity contribution in [3.8, 4) is 5.75 Å². The molecule has 0 radical (unpaired) electrons. The predicted octanol–water partition coefficient (Wildman–Crippen LogP) is 4.15. The fourth-order valence-corrected chi connectivity index (χ4v) is 3.51. The summed E-state index contributed by atoms with van der Waals surface area (Å²) in [5, 5.41) is 14.6. The van der Waals surface area contributed by atoms with Gasteiger partial charge in [-0.2, -0.15) is 0 Å². The third kappa shape index (κ3) is 5.89. The monoisotopic (exact) mass is 505 g/mol. The number of rotatable bonds is 8. The van der Waals surface area contributed by atoms with Gasteiger partial charge >= 0.3 is 12.0 Å². The van der Waals surface area contributed by atoms with Crippen LogP contribution >= 0.6 is 11.6 Å². The summed E-state index contributed by atoms with van der Waals surface area (Å²) in [6.07, 6.45) is 1.47. The SMILES string of the molecule is O=C(CN1C(=O)N/C(=C\c2ccccc2OCc2ccc(C(=O)O)cc2)C1=O)Nc1ccc(Cl)cc1. The third-order valence-corrected chi connectivity index (χ3v) is 5.46. The first-order chi connectivity index (χ1) is 17.3. The van der Waals surface area contributed by atoms with E-state index in [1.165, 1.54) is 18.2 Å². The van der Waals surface area contributed by atoms with Gasteiger partial charge in [0.2, 0.25) is 5.91 Å². The van der Waals surface area contributed by atoms with Crippen molar-refractivity contribution in [2.75, 3.05) is 11.9 Å². The van der Waals surface area contributed by atoms with Crippen LogP contribution in [0.3, 0.4) is 0 Å². The average Bonchev–Trinajstić information content (AvgIpc) is 3.12. The largest absolute Gasteiger partial charge is 0.488 e. The van der Waals surface area contributed by atoms with E-state index >= 15 is 0 Å². The van der Waals surface area contributed by atoms with Gasteiger partial charge in [0.25, 0.3) is 5.91 Å². The number of halogens is 1. The number of amides is 4. The van der Waals surface area contributed by atoms with Gasteiger partial charge in [0.15, 0.2) is 0 Å². The van der Waals surface area contributed by atoms with Gasteiger partial charge in [-0.3, -0.25) is 9.59 Å². The summed E-state index contributed by atoms with van der Waals surface area (Å²) in [4.78, 5) is 49.4. The van der Waals surface area contributed by atoms with E-state index < -0.39 is 30.4 Å². The van der Waals surface area contributed by atoms with E-state index in [0.717, 1.165) is 10.5 Å². The van der Waals surface area contributed by atoms with Crippen LogP contribution in [0.2, 0.25) is 5.02 Å². The quantitative estimate of drug-likeness (QED) is 0.312. The van der Waals surface area contributed by atoms with Gasteiger partial charge in [-0.05, 0) is 54.1 Å². The standard InChI is InChI=1S/C26H20ClN3O6/c27-19-9-11-20(12-10-19)28-23(31)14-30-24(32)21(29-26(30)35)13-18-3-1-2-4-22(18)36-15-16-5-7-17(8-6-16)25(33)34/h1-13H,14-15H2,(H,28,31)(H,29,35)(H,33,34)/b21-13-. The summed E-state index contributed by atoms with van der Waals surface area (Å²) in [6.45, 7) is -0.299. The second-order valence-electron chi connectivity index (χ2n) is 7.76. The Kier molecular flexibility index (Phi) is 7.31. The Balaban J connectivity index is 1.43. The van der Waals surface area contributed by atoms with Crippen LogP contribution in [0.25, 0.3) is 6.08 Å².